The zero-order valence-corrected chi connectivity index (χ0v) is 12.2. The molecule has 1 aromatic carbocycles. The van der Waals surface area contributed by atoms with E-state index in [1.807, 2.05) is 30.3 Å². The number of fused-ring (bicyclic) bond motifs is 1. The lowest BCUT2D eigenvalue weighted by atomic mass is 10.2. The Hall–Kier alpha value is -2.73. The zero-order valence-electron chi connectivity index (χ0n) is 11.4. The molecule has 3 aromatic rings. The topological polar surface area (TPSA) is 80.6 Å². The molecular formula is C15H11ClN4O2. The third-order valence-electron chi connectivity index (χ3n) is 3.13. The van der Waals surface area contributed by atoms with Gasteiger partial charge in [-0.1, -0.05) is 48.0 Å². The number of aromatic amines is 1. The highest BCUT2D eigenvalue weighted by Crippen LogP contribution is 2.24. The van der Waals surface area contributed by atoms with Crippen molar-refractivity contribution in [3.05, 3.63) is 69.0 Å². The number of aromatic nitrogens is 4. The van der Waals surface area contributed by atoms with E-state index < -0.39 is 11.2 Å². The fourth-order valence-corrected chi connectivity index (χ4v) is 2.35. The minimum absolute atomic E-state index is 0.0599. The van der Waals surface area contributed by atoms with Crippen LogP contribution in [0.5, 0.6) is 0 Å². The monoisotopic (exact) mass is 314 g/mol. The lowest BCUT2D eigenvalue weighted by molar-refractivity contribution is 0.724. The SMILES string of the molecule is C=CCn1c(=O)[nH]c2nc(Cl)c(-c3ccccc3)nc2c1=O. The van der Waals surface area contributed by atoms with E-state index >= 15 is 0 Å². The van der Waals surface area contributed by atoms with Gasteiger partial charge in [-0.05, 0) is 0 Å². The molecule has 2 heterocycles. The molecule has 0 aliphatic rings. The summed E-state index contributed by atoms with van der Waals surface area (Å²) >= 11 is 6.12. The lowest BCUT2D eigenvalue weighted by Gasteiger charge is -2.06. The van der Waals surface area contributed by atoms with Gasteiger partial charge in [0.25, 0.3) is 5.56 Å². The van der Waals surface area contributed by atoms with Crippen molar-refractivity contribution in [2.45, 2.75) is 6.54 Å². The maximum atomic E-state index is 12.4. The fraction of sp³-hybridized carbons (Fsp3) is 0.0667. The molecule has 0 aliphatic heterocycles. The van der Waals surface area contributed by atoms with Gasteiger partial charge in [0, 0.05) is 12.1 Å². The first-order valence-corrected chi connectivity index (χ1v) is 6.86. The maximum absolute atomic E-state index is 12.4. The molecule has 2 aromatic heterocycles. The van der Waals surface area contributed by atoms with Crippen LogP contribution in [-0.2, 0) is 6.54 Å². The summed E-state index contributed by atoms with van der Waals surface area (Å²) in [7, 11) is 0. The third-order valence-corrected chi connectivity index (χ3v) is 3.39. The normalized spacial score (nSPS) is 10.8. The molecule has 0 unspecified atom stereocenters. The number of H-pyrrole nitrogens is 1. The molecule has 0 aliphatic carbocycles. The van der Waals surface area contributed by atoms with Crippen LogP contribution < -0.4 is 11.2 Å². The molecule has 7 heteroatoms. The van der Waals surface area contributed by atoms with Crippen LogP contribution in [0.25, 0.3) is 22.4 Å². The molecular weight excluding hydrogens is 304 g/mol. The van der Waals surface area contributed by atoms with Crippen molar-refractivity contribution >= 4 is 22.8 Å². The van der Waals surface area contributed by atoms with E-state index in [9.17, 15) is 9.59 Å². The average Bonchev–Trinajstić information content (AvgIpc) is 2.52. The average molecular weight is 315 g/mol. The first-order chi connectivity index (χ1) is 10.6. The van der Waals surface area contributed by atoms with Crippen LogP contribution in [0.3, 0.4) is 0 Å². The predicted molar refractivity (Wildman–Crippen MR) is 85.1 cm³/mol. The van der Waals surface area contributed by atoms with Crippen molar-refractivity contribution in [2.24, 2.45) is 0 Å². The van der Waals surface area contributed by atoms with E-state index in [2.05, 4.69) is 21.5 Å². The molecule has 0 saturated carbocycles. The van der Waals surface area contributed by atoms with Crippen LogP contribution in [0.1, 0.15) is 0 Å². The summed E-state index contributed by atoms with van der Waals surface area (Å²) in [5.41, 5.74) is 0.159. The van der Waals surface area contributed by atoms with E-state index in [4.69, 9.17) is 11.6 Å². The van der Waals surface area contributed by atoms with Crippen molar-refractivity contribution < 1.29 is 0 Å². The minimum atomic E-state index is -0.574. The number of hydrogen-bond acceptors (Lipinski definition) is 4. The van der Waals surface area contributed by atoms with Gasteiger partial charge in [0.2, 0.25) is 0 Å². The highest BCUT2D eigenvalue weighted by Gasteiger charge is 2.14. The van der Waals surface area contributed by atoms with Crippen molar-refractivity contribution in [3.8, 4) is 11.3 Å². The fourth-order valence-electron chi connectivity index (χ4n) is 2.11. The molecule has 0 fully saturated rings. The lowest BCUT2D eigenvalue weighted by Crippen LogP contribution is -2.35. The molecule has 110 valence electrons. The Labute approximate surface area is 129 Å². The van der Waals surface area contributed by atoms with E-state index in [1.165, 1.54) is 6.08 Å². The van der Waals surface area contributed by atoms with Crippen LogP contribution in [-0.4, -0.2) is 19.5 Å². The molecule has 0 atom stereocenters. The second-order valence-electron chi connectivity index (χ2n) is 4.56. The third kappa shape index (κ3) is 2.33. The predicted octanol–water partition coefficient (Wildman–Crippen LogP) is 1.99. The summed E-state index contributed by atoms with van der Waals surface area (Å²) in [5.74, 6) is 0. The number of benzene rings is 1. The second kappa shape index (κ2) is 5.57. The summed E-state index contributed by atoms with van der Waals surface area (Å²) in [5, 5.41) is 0.121. The molecule has 3 rings (SSSR count). The van der Waals surface area contributed by atoms with Crippen molar-refractivity contribution in [1.82, 2.24) is 19.5 Å². The number of nitrogens with zero attached hydrogens (tertiary/aromatic N) is 3. The minimum Gasteiger partial charge on any atom is -0.290 e. The Balaban J connectivity index is 2.35. The summed E-state index contributed by atoms with van der Waals surface area (Å²) in [6.07, 6.45) is 1.46. The standard InChI is InChI=1S/C15H11ClN4O2/c1-2-8-20-14(21)11-13(19-15(20)22)18-12(16)10(17-11)9-6-4-3-5-7-9/h2-7H,1,8H2,(H,18,19,22). The first-order valence-electron chi connectivity index (χ1n) is 6.48. The molecule has 22 heavy (non-hydrogen) atoms. The van der Waals surface area contributed by atoms with Gasteiger partial charge in [-0.25, -0.2) is 14.8 Å². The second-order valence-corrected chi connectivity index (χ2v) is 4.92. The zero-order chi connectivity index (χ0) is 15.7. The van der Waals surface area contributed by atoms with Crippen LogP contribution in [0.2, 0.25) is 5.15 Å². The van der Waals surface area contributed by atoms with Gasteiger partial charge < -0.3 is 0 Å². The molecule has 0 spiro atoms. The van der Waals surface area contributed by atoms with E-state index in [0.717, 1.165) is 10.1 Å². The number of allylic oxidation sites excluding steroid dienone is 1. The van der Waals surface area contributed by atoms with Gasteiger partial charge in [0.15, 0.2) is 16.3 Å². The van der Waals surface area contributed by atoms with Crippen molar-refractivity contribution in [2.75, 3.05) is 0 Å². The Bertz CT molecular complexity index is 976. The number of hydrogen-bond donors (Lipinski definition) is 1. The molecule has 0 amide bonds. The highest BCUT2D eigenvalue weighted by molar-refractivity contribution is 6.32. The molecule has 1 N–H and O–H groups in total. The van der Waals surface area contributed by atoms with Gasteiger partial charge in [0.1, 0.15) is 5.69 Å². The van der Waals surface area contributed by atoms with Gasteiger partial charge in [-0.2, -0.15) is 0 Å². The quantitative estimate of drug-likeness (QED) is 0.750. The van der Waals surface area contributed by atoms with Crippen LogP contribution in [0.15, 0.2) is 52.6 Å². The Morgan fingerprint density at radius 1 is 1.23 bits per heavy atom. The summed E-state index contributed by atoms with van der Waals surface area (Å²) < 4.78 is 1.01. The summed E-state index contributed by atoms with van der Waals surface area (Å²) in [6, 6.07) is 9.16. The van der Waals surface area contributed by atoms with Gasteiger partial charge in [-0.15, -0.1) is 6.58 Å². The Morgan fingerprint density at radius 3 is 2.64 bits per heavy atom. The van der Waals surface area contributed by atoms with Crippen LogP contribution in [0.4, 0.5) is 0 Å². The van der Waals surface area contributed by atoms with E-state index in [1.54, 1.807) is 0 Å². The maximum Gasteiger partial charge on any atom is 0.330 e. The largest absolute Gasteiger partial charge is 0.330 e. The molecule has 0 radical (unpaired) electrons. The van der Waals surface area contributed by atoms with Gasteiger partial charge in [-0.3, -0.25) is 14.3 Å². The van der Waals surface area contributed by atoms with Crippen molar-refractivity contribution in [1.29, 1.82) is 0 Å². The number of rotatable bonds is 3. The Morgan fingerprint density at radius 2 is 1.95 bits per heavy atom. The van der Waals surface area contributed by atoms with Gasteiger partial charge in [0.05, 0.1) is 0 Å². The van der Waals surface area contributed by atoms with Crippen LogP contribution >= 0.6 is 11.6 Å². The van der Waals surface area contributed by atoms with Gasteiger partial charge >= 0.3 is 5.69 Å². The number of halogens is 1. The Kier molecular flexibility index (Phi) is 3.60. The summed E-state index contributed by atoms with van der Waals surface area (Å²) in [4.78, 5) is 35.1. The molecule has 0 saturated heterocycles. The smallest absolute Gasteiger partial charge is 0.290 e. The van der Waals surface area contributed by atoms with Crippen molar-refractivity contribution in [3.63, 3.8) is 0 Å². The molecule has 6 nitrogen and oxygen atoms in total. The molecule has 0 bridgehead atoms. The van der Waals surface area contributed by atoms with E-state index in [0.29, 0.717) is 5.69 Å². The van der Waals surface area contributed by atoms with Crippen LogP contribution in [0, 0.1) is 0 Å². The first kappa shape index (κ1) is 14.2. The summed E-state index contributed by atoms with van der Waals surface area (Å²) in [6.45, 7) is 3.62. The van der Waals surface area contributed by atoms with E-state index in [-0.39, 0.29) is 22.9 Å². The highest BCUT2D eigenvalue weighted by atomic mass is 35.5. The number of nitrogens with one attached hydrogen (secondary N) is 1.